The summed E-state index contributed by atoms with van der Waals surface area (Å²) in [6.45, 7) is 0.204. The molecule has 0 fully saturated rings. The average molecular weight is 457 g/mol. The molecule has 0 saturated carbocycles. The Labute approximate surface area is 194 Å². The van der Waals surface area contributed by atoms with Gasteiger partial charge in [-0.1, -0.05) is 42.5 Å². The number of carboxylic acid groups (broad SMARTS) is 1. The second-order valence-electron chi connectivity index (χ2n) is 7.41. The van der Waals surface area contributed by atoms with Crippen molar-refractivity contribution in [1.29, 1.82) is 0 Å². The second-order valence-corrected chi connectivity index (χ2v) is 7.41. The van der Waals surface area contributed by atoms with Crippen LogP contribution < -0.4 is 9.47 Å². The van der Waals surface area contributed by atoms with Crippen molar-refractivity contribution < 1.29 is 28.6 Å². The molecule has 170 valence electrons. The number of rotatable bonds is 8. The number of pyridine rings is 1. The summed E-state index contributed by atoms with van der Waals surface area (Å²) in [7, 11) is 1.47. The van der Waals surface area contributed by atoms with E-state index in [1.165, 1.54) is 25.3 Å². The van der Waals surface area contributed by atoms with Crippen LogP contribution in [0, 0.1) is 5.82 Å². The Morgan fingerprint density at radius 1 is 0.971 bits per heavy atom. The number of hydrogen-bond donors (Lipinski definition) is 1. The molecule has 6 nitrogen and oxygen atoms in total. The monoisotopic (exact) mass is 457 g/mol. The van der Waals surface area contributed by atoms with Gasteiger partial charge >= 0.3 is 5.97 Å². The number of carbonyl (C=O) groups is 2. The van der Waals surface area contributed by atoms with Crippen LogP contribution in [0.25, 0.3) is 22.6 Å². The van der Waals surface area contributed by atoms with Crippen molar-refractivity contribution in [3.05, 3.63) is 102 Å². The number of para-hydroxylation sites is 1. The normalized spacial score (nSPS) is 11.3. The Morgan fingerprint density at radius 3 is 2.47 bits per heavy atom. The first-order valence-electron chi connectivity index (χ1n) is 10.4. The fraction of sp³-hybridized carbons (Fsp3) is 0.0741. The highest BCUT2D eigenvalue weighted by atomic mass is 19.1. The van der Waals surface area contributed by atoms with Crippen LogP contribution >= 0.6 is 0 Å². The Hall–Kier alpha value is -4.52. The Balaban J connectivity index is 1.67. The van der Waals surface area contributed by atoms with Gasteiger partial charge in [-0.05, 0) is 53.6 Å². The van der Waals surface area contributed by atoms with Gasteiger partial charge in [-0.15, -0.1) is 0 Å². The fourth-order valence-electron chi connectivity index (χ4n) is 3.39. The number of ketones is 1. The molecule has 0 aliphatic heterocycles. The number of nitrogens with zero attached hydrogens (tertiary/aromatic N) is 1. The van der Waals surface area contributed by atoms with Gasteiger partial charge < -0.3 is 14.6 Å². The van der Waals surface area contributed by atoms with Crippen LogP contribution in [0.1, 0.15) is 16.8 Å². The summed E-state index contributed by atoms with van der Waals surface area (Å²) in [5, 5.41) is 10.2. The zero-order valence-corrected chi connectivity index (χ0v) is 18.2. The zero-order chi connectivity index (χ0) is 24.1. The number of benzene rings is 3. The second kappa shape index (κ2) is 9.95. The van der Waals surface area contributed by atoms with Crippen LogP contribution in [0.2, 0.25) is 0 Å². The van der Waals surface area contributed by atoms with E-state index in [-0.39, 0.29) is 23.7 Å². The SMILES string of the molecule is COc1cc(/C=C(/C(=O)C(=O)O)c2ccc3ccccc3n2)ccc1OCc1ccc(F)cc1. The number of aliphatic carboxylic acids is 1. The van der Waals surface area contributed by atoms with E-state index in [2.05, 4.69) is 4.98 Å². The molecule has 0 aliphatic rings. The third-order valence-electron chi connectivity index (χ3n) is 5.12. The summed E-state index contributed by atoms with van der Waals surface area (Å²) in [5.41, 5.74) is 2.16. The van der Waals surface area contributed by atoms with E-state index in [9.17, 15) is 19.1 Å². The molecule has 1 N–H and O–H groups in total. The van der Waals surface area contributed by atoms with Crippen molar-refractivity contribution in [1.82, 2.24) is 4.98 Å². The number of carboxylic acids is 1. The van der Waals surface area contributed by atoms with Crippen molar-refractivity contribution in [2.75, 3.05) is 7.11 Å². The van der Waals surface area contributed by atoms with E-state index >= 15 is 0 Å². The zero-order valence-electron chi connectivity index (χ0n) is 18.2. The van der Waals surface area contributed by atoms with Gasteiger partial charge in [0.1, 0.15) is 12.4 Å². The van der Waals surface area contributed by atoms with Gasteiger partial charge in [0.25, 0.3) is 5.78 Å². The standard InChI is InChI=1S/C27H20FNO5/c1-33-25-15-18(8-13-24(25)34-16-17-6-10-20(28)11-7-17)14-21(26(30)27(31)32)23-12-9-19-4-2-3-5-22(19)29-23/h2-15H,16H2,1H3,(H,31,32)/b21-14+. The van der Waals surface area contributed by atoms with Crippen LogP contribution in [0.5, 0.6) is 11.5 Å². The molecule has 0 spiro atoms. The van der Waals surface area contributed by atoms with Crippen molar-refractivity contribution in [3.8, 4) is 11.5 Å². The lowest BCUT2D eigenvalue weighted by Gasteiger charge is -2.12. The van der Waals surface area contributed by atoms with Gasteiger partial charge in [-0.2, -0.15) is 0 Å². The van der Waals surface area contributed by atoms with Gasteiger partial charge in [-0.3, -0.25) is 4.79 Å². The highest BCUT2D eigenvalue weighted by Crippen LogP contribution is 2.31. The van der Waals surface area contributed by atoms with Crippen LogP contribution in [-0.2, 0) is 16.2 Å². The maximum atomic E-state index is 13.1. The Bertz CT molecular complexity index is 1400. The predicted molar refractivity (Wildman–Crippen MR) is 126 cm³/mol. The van der Waals surface area contributed by atoms with Crippen LogP contribution in [-0.4, -0.2) is 29.0 Å². The molecule has 7 heteroatoms. The lowest BCUT2D eigenvalue weighted by atomic mass is 10.0. The van der Waals surface area contributed by atoms with Gasteiger partial charge in [0.2, 0.25) is 0 Å². The molecule has 0 bridgehead atoms. The molecule has 0 atom stereocenters. The van der Waals surface area contributed by atoms with E-state index in [1.807, 2.05) is 18.2 Å². The number of aromatic nitrogens is 1. The molecule has 0 radical (unpaired) electrons. The summed E-state index contributed by atoms with van der Waals surface area (Å²) < 4.78 is 24.3. The quantitative estimate of drug-likeness (QED) is 0.291. The Morgan fingerprint density at radius 2 is 1.74 bits per heavy atom. The van der Waals surface area contributed by atoms with Crippen molar-refractivity contribution in [2.45, 2.75) is 6.61 Å². The molecule has 0 amide bonds. The number of Topliss-reactive ketones (excluding diaryl/α,β-unsaturated/α-hetero) is 1. The van der Waals surface area contributed by atoms with Crippen LogP contribution in [0.4, 0.5) is 4.39 Å². The van der Waals surface area contributed by atoms with E-state index in [1.54, 1.807) is 48.5 Å². The molecule has 4 rings (SSSR count). The number of hydrogen-bond acceptors (Lipinski definition) is 5. The summed E-state index contributed by atoms with van der Waals surface area (Å²) in [4.78, 5) is 28.5. The fourth-order valence-corrected chi connectivity index (χ4v) is 3.39. The first-order chi connectivity index (χ1) is 16.4. The minimum absolute atomic E-state index is 0.0553. The van der Waals surface area contributed by atoms with E-state index in [4.69, 9.17) is 9.47 Å². The minimum atomic E-state index is -1.58. The highest BCUT2D eigenvalue weighted by molar-refractivity contribution is 6.52. The average Bonchev–Trinajstić information content (AvgIpc) is 2.86. The molecule has 1 aromatic heterocycles. The molecule has 3 aromatic carbocycles. The molecule has 0 saturated heterocycles. The molecule has 0 aliphatic carbocycles. The largest absolute Gasteiger partial charge is 0.493 e. The maximum absolute atomic E-state index is 13.1. The smallest absolute Gasteiger partial charge is 0.377 e. The van der Waals surface area contributed by atoms with E-state index in [0.29, 0.717) is 22.6 Å². The molecule has 4 aromatic rings. The lowest BCUT2D eigenvalue weighted by molar-refractivity contribution is -0.146. The number of fused-ring (bicyclic) bond motifs is 1. The topological polar surface area (TPSA) is 85.7 Å². The molecule has 1 heterocycles. The third kappa shape index (κ3) is 5.10. The van der Waals surface area contributed by atoms with E-state index in [0.717, 1.165) is 10.9 Å². The number of ether oxygens (including phenoxy) is 2. The van der Waals surface area contributed by atoms with Crippen LogP contribution in [0.15, 0.2) is 78.9 Å². The lowest BCUT2D eigenvalue weighted by Crippen LogP contribution is -2.15. The maximum Gasteiger partial charge on any atom is 0.377 e. The highest BCUT2D eigenvalue weighted by Gasteiger charge is 2.21. The van der Waals surface area contributed by atoms with Crippen molar-refractivity contribution >= 4 is 34.3 Å². The number of methoxy groups -OCH3 is 1. The number of carbonyl (C=O) groups excluding carboxylic acids is 1. The van der Waals surface area contributed by atoms with Gasteiger partial charge in [0.05, 0.1) is 23.9 Å². The van der Waals surface area contributed by atoms with Gasteiger partial charge in [0.15, 0.2) is 11.5 Å². The first-order valence-corrected chi connectivity index (χ1v) is 10.4. The van der Waals surface area contributed by atoms with Crippen molar-refractivity contribution in [3.63, 3.8) is 0 Å². The summed E-state index contributed by atoms with van der Waals surface area (Å²) >= 11 is 0. The van der Waals surface area contributed by atoms with Crippen molar-refractivity contribution in [2.24, 2.45) is 0 Å². The summed E-state index contributed by atoms with van der Waals surface area (Å²) in [6, 6.07) is 21.7. The third-order valence-corrected chi connectivity index (χ3v) is 5.12. The van der Waals surface area contributed by atoms with E-state index < -0.39 is 11.8 Å². The molecule has 0 unspecified atom stereocenters. The predicted octanol–water partition coefficient (Wildman–Crippen LogP) is 5.16. The molecular weight excluding hydrogens is 437 g/mol. The molecule has 34 heavy (non-hydrogen) atoms. The number of halogens is 1. The van der Waals surface area contributed by atoms with Gasteiger partial charge in [0, 0.05) is 5.39 Å². The first kappa shape index (κ1) is 22.7. The van der Waals surface area contributed by atoms with Crippen LogP contribution in [0.3, 0.4) is 0 Å². The Kier molecular flexibility index (Phi) is 6.64. The summed E-state index contributed by atoms with van der Waals surface area (Å²) in [5.74, 6) is -2.14. The molecular formula is C27H20FNO5. The minimum Gasteiger partial charge on any atom is -0.493 e. The summed E-state index contributed by atoms with van der Waals surface area (Å²) in [6.07, 6.45) is 1.46. The van der Waals surface area contributed by atoms with Gasteiger partial charge in [-0.25, -0.2) is 14.2 Å².